The lowest BCUT2D eigenvalue weighted by atomic mass is 9.91. The van der Waals surface area contributed by atoms with E-state index in [0.29, 0.717) is 11.5 Å². The maximum Gasteiger partial charge on any atom is 0.236 e. The van der Waals surface area contributed by atoms with Crippen molar-refractivity contribution >= 4 is 11.6 Å². The van der Waals surface area contributed by atoms with Gasteiger partial charge in [-0.3, -0.25) is 9.59 Å². The van der Waals surface area contributed by atoms with E-state index in [4.69, 9.17) is 9.47 Å². The molecule has 0 amide bonds. The third-order valence-electron chi connectivity index (χ3n) is 3.57. The lowest BCUT2D eigenvalue weighted by Gasteiger charge is -2.14. The summed E-state index contributed by atoms with van der Waals surface area (Å²) in [5.74, 6) is -0.959. The van der Waals surface area contributed by atoms with E-state index < -0.39 is 17.5 Å². The molecular weight excluding hydrogens is 280 g/mol. The highest BCUT2D eigenvalue weighted by atomic mass is 16.5. The Morgan fingerprint density at radius 1 is 0.864 bits per heavy atom. The molecule has 2 aromatic carbocycles. The van der Waals surface area contributed by atoms with Crippen LogP contribution in [0.25, 0.3) is 0 Å². The molecule has 0 aliphatic rings. The molecule has 4 heteroatoms. The van der Waals surface area contributed by atoms with Crippen molar-refractivity contribution in [3.8, 4) is 11.5 Å². The fourth-order valence-corrected chi connectivity index (χ4v) is 2.29. The van der Waals surface area contributed by atoms with Gasteiger partial charge in [0.15, 0.2) is 0 Å². The molecule has 0 N–H and O–H groups in total. The van der Waals surface area contributed by atoms with Crippen LogP contribution in [0.15, 0.2) is 48.5 Å². The van der Waals surface area contributed by atoms with E-state index in [2.05, 4.69) is 0 Å². The van der Waals surface area contributed by atoms with Gasteiger partial charge in [-0.05, 0) is 17.7 Å². The maximum absolute atomic E-state index is 12.6. The van der Waals surface area contributed by atoms with Gasteiger partial charge in [0.1, 0.15) is 17.1 Å². The predicted octanol–water partition coefficient (Wildman–Crippen LogP) is 3.26. The fraction of sp³-hybridized carbons (Fsp3) is 0.222. The third-order valence-corrected chi connectivity index (χ3v) is 3.57. The Bertz CT molecular complexity index is 654. The van der Waals surface area contributed by atoms with Crippen LogP contribution in [0.3, 0.4) is 0 Å². The van der Waals surface area contributed by atoms with Crippen LogP contribution in [-0.2, 0) is 4.79 Å². The lowest BCUT2D eigenvalue weighted by Crippen LogP contribution is -2.21. The molecule has 0 aliphatic carbocycles. The first-order valence-corrected chi connectivity index (χ1v) is 6.94. The number of benzene rings is 2. The Morgan fingerprint density at radius 2 is 1.41 bits per heavy atom. The van der Waals surface area contributed by atoms with Crippen molar-refractivity contribution in [2.75, 3.05) is 14.2 Å². The molecule has 1 unspecified atom stereocenters. The van der Waals surface area contributed by atoms with E-state index in [0.717, 1.165) is 5.56 Å². The first-order valence-electron chi connectivity index (χ1n) is 6.94. The van der Waals surface area contributed by atoms with E-state index in [9.17, 15) is 9.59 Å². The Kier molecular flexibility index (Phi) is 4.94. The highest BCUT2D eigenvalue weighted by Crippen LogP contribution is 2.30. The van der Waals surface area contributed by atoms with Crippen LogP contribution in [0.5, 0.6) is 11.5 Å². The van der Waals surface area contributed by atoms with Crippen LogP contribution in [0.4, 0.5) is 0 Å². The topological polar surface area (TPSA) is 52.6 Å². The molecule has 0 aliphatic heterocycles. The van der Waals surface area contributed by atoms with Gasteiger partial charge in [-0.2, -0.15) is 0 Å². The normalized spacial score (nSPS) is 11.6. The molecule has 1 atom stereocenters. The fourth-order valence-electron chi connectivity index (χ4n) is 2.29. The van der Waals surface area contributed by atoms with Crippen LogP contribution >= 0.6 is 0 Å². The minimum absolute atomic E-state index is 0.167. The second-order valence-corrected chi connectivity index (χ2v) is 4.86. The molecule has 0 spiro atoms. The quantitative estimate of drug-likeness (QED) is 0.607. The van der Waals surface area contributed by atoms with Gasteiger partial charge in [-0.1, -0.05) is 43.3 Å². The van der Waals surface area contributed by atoms with Crippen molar-refractivity contribution in [1.82, 2.24) is 0 Å². The number of methoxy groups -OCH3 is 2. The van der Waals surface area contributed by atoms with Gasteiger partial charge in [0.05, 0.1) is 14.2 Å². The van der Waals surface area contributed by atoms with Gasteiger partial charge >= 0.3 is 0 Å². The molecule has 0 radical (unpaired) electrons. The average molecular weight is 298 g/mol. The summed E-state index contributed by atoms with van der Waals surface area (Å²) < 4.78 is 10.4. The molecule has 2 rings (SSSR count). The monoisotopic (exact) mass is 298 g/mol. The molecular formula is C18H18O4. The number of Topliss-reactive ketones (excluding diaryl/α,β-unsaturated/α-hetero) is 2. The Balaban J connectivity index is 2.38. The van der Waals surface area contributed by atoms with Crippen molar-refractivity contribution in [3.05, 3.63) is 59.7 Å². The average Bonchev–Trinajstić information content (AvgIpc) is 2.59. The van der Waals surface area contributed by atoms with E-state index in [1.807, 2.05) is 30.3 Å². The van der Waals surface area contributed by atoms with E-state index in [1.54, 1.807) is 25.1 Å². The maximum atomic E-state index is 12.6. The summed E-state index contributed by atoms with van der Waals surface area (Å²) in [4.78, 5) is 25.1. The van der Waals surface area contributed by atoms with Gasteiger partial charge in [-0.25, -0.2) is 0 Å². The van der Waals surface area contributed by atoms with Crippen LogP contribution in [0, 0.1) is 0 Å². The summed E-state index contributed by atoms with van der Waals surface area (Å²) in [6, 6.07) is 14.2. The molecule has 0 fully saturated rings. The standard InChI is InChI=1S/C18H18O4/c1-12(13-8-5-4-6-9-13)17(19)18(20)16-14(21-2)10-7-11-15(16)22-3/h4-12H,1-3H3. The largest absolute Gasteiger partial charge is 0.496 e. The van der Waals surface area contributed by atoms with Crippen molar-refractivity contribution in [2.45, 2.75) is 12.8 Å². The molecule has 0 bridgehead atoms. The van der Waals surface area contributed by atoms with Crippen molar-refractivity contribution < 1.29 is 19.1 Å². The van der Waals surface area contributed by atoms with Crippen LogP contribution in [0.2, 0.25) is 0 Å². The summed E-state index contributed by atoms with van der Waals surface area (Å²) in [6.45, 7) is 1.72. The van der Waals surface area contributed by atoms with Gasteiger partial charge in [0.2, 0.25) is 11.6 Å². The van der Waals surface area contributed by atoms with Gasteiger partial charge < -0.3 is 9.47 Å². The van der Waals surface area contributed by atoms with Gasteiger partial charge in [0.25, 0.3) is 0 Å². The smallest absolute Gasteiger partial charge is 0.236 e. The zero-order chi connectivity index (χ0) is 16.1. The predicted molar refractivity (Wildman–Crippen MR) is 83.7 cm³/mol. The highest BCUT2D eigenvalue weighted by Gasteiger charge is 2.28. The van der Waals surface area contributed by atoms with Crippen LogP contribution in [0.1, 0.15) is 28.8 Å². The summed E-state index contributed by atoms with van der Waals surface area (Å²) >= 11 is 0. The minimum Gasteiger partial charge on any atom is -0.496 e. The Morgan fingerprint density at radius 3 is 1.91 bits per heavy atom. The van der Waals surface area contributed by atoms with Crippen LogP contribution < -0.4 is 9.47 Å². The van der Waals surface area contributed by atoms with Gasteiger partial charge in [0, 0.05) is 5.92 Å². The Labute approximate surface area is 129 Å². The number of ketones is 2. The van der Waals surface area contributed by atoms with Crippen molar-refractivity contribution in [3.63, 3.8) is 0 Å². The summed E-state index contributed by atoms with van der Waals surface area (Å²) in [5.41, 5.74) is 0.968. The molecule has 114 valence electrons. The summed E-state index contributed by atoms with van der Waals surface area (Å²) in [7, 11) is 2.91. The molecule has 0 aromatic heterocycles. The van der Waals surface area contributed by atoms with E-state index >= 15 is 0 Å². The Hall–Kier alpha value is -2.62. The molecule has 0 saturated heterocycles. The first kappa shape index (κ1) is 15.8. The molecule has 4 nitrogen and oxygen atoms in total. The summed E-state index contributed by atoms with van der Waals surface area (Å²) in [6.07, 6.45) is 0. The van der Waals surface area contributed by atoms with Gasteiger partial charge in [-0.15, -0.1) is 0 Å². The number of carbonyl (C=O) groups excluding carboxylic acids is 2. The number of hydrogen-bond acceptors (Lipinski definition) is 4. The second kappa shape index (κ2) is 6.89. The van der Waals surface area contributed by atoms with Crippen molar-refractivity contribution in [1.29, 1.82) is 0 Å². The zero-order valence-electron chi connectivity index (χ0n) is 12.8. The number of carbonyl (C=O) groups is 2. The minimum atomic E-state index is -0.606. The molecule has 2 aromatic rings. The van der Waals surface area contributed by atoms with E-state index in [1.165, 1.54) is 14.2 Å². The van der Waals surface area contributed by atoms with Crippen molar-refractivity contribution in [2.24, 2.45) is 0 Å². The lowest BCUT2D eigenvalue weighted by molar-refractivity contribution is -0.116. The van der Waals surface area contributed by atoms with Crippen LogP contribution in [-0.4, -0.2) is 25.8 Å². The summed E-state index contributed by atoms with van der Waals surface area (Å²) in [5, 5.41) is 0. The zero-order valence-corrected chi connectivity index (χ0v) is 12.8. The number of ether oxygens (including phenoxy) is 2. The highest BCUT2D eigenvalue weighted by molar-refractivity contribution is 6.46. The molecule has 22 heavy (non-hydrogen) atoms. The molecule has 0 heterocycles. The number of hydrogen-bond donors (Lipinski definition) is 0. The SMILES string of the molecule is COc1cccc(OC)c1C(=O)C(=O)C(C)c1ccccc1. The third kappa shape index (κ3) is 3.01. The molecule has 0 saturated carbocycles. The first-order chi connectivity index (χ1) is 10.6. The van der Waals surface area contributed by atoms with E-state index in [-0.39, 0.29) is 5.56 Å². The second-order valence-electron chi connectivity index (χ2n) is 4.86. The number of rotatable bonds is 6.